The Balaban J connectivity index is 1.58. The van der Waals surface area contributed by atoms with Crippen LogP contribution in [0.4, 0.5) is 10.1 Å². The number of piperidine rings is 2. The van der Waals surface area contributed by atoms with Crippen molar-refractivity contribution >= 4 is 23.8 Å². The molecule has 3 rings (SSSR count). The lowest BCUT2D eigenvalue weighted by molar-refractivity contribution is -0.133. The van der Waals surface area contributed by atoms with E-state index in [4.69, 9.17) is 0 Å². The van der Waals surface area contributed by atoms with Crippen LogP contribution in [0.25, 0.3) is 0 Å². The molecule has 2 aliphatic rings. The van der Waals surface area contributed by atoms with Crippen LogP contribution in [0.2, 0.25) is 0 Å². The number of carbonyl (C=O) groups is 3. The minimum Gasteiger partial charge on any atom is -0.374 e. The number of benzene rings is 1. The number of amides is 2. The van der Waals surface area contributed by atoms with E-state index < -0.39 is 6.04 Å². The molecule has 2 heterocycles. The first kappa shape index (κ1) is 17.5. The van der Waals surface area contributed by atoms with Crippen molar-refractivity contribution in [2.75, 3.05) is 18.4 Å². The van der Waals surface area contributed by atoms with Crippen molar-refractivity contribution in [3.05, 3.63) is 29.6 Å². The number of anilines is 1. The molecule has 1 aromatic rings. The summed E-state index contributed by atoms with van der Waals surface area (Å²) in [4.78, 5) is 35.8. The third-order valence-corrected chi connectivity index (χ3v) is 4.85. The first-order valence-electron chi connectivity index (χ1n) is 8.61. The minimum atomic E-state index is -0.523. The van der Waals surface area contributed by atoms with Gasteiger partial charge in [-0.2, -0.15) is 0 Å². The number of hydrogen-bond donors (Lipinski definition) is 2. The molecule has 2 saturated heterocycles. The molecule has 25 heavy (non-hydrogen) atoms. The zero-order valence-electron chi connectivity index (χ0n) is 14.0. The Hall–Kier alpha value is -2.28. The second-order valence-electron chi connectivity index (χ2n) is 6.70. The van der Waals surface area contributed by atoms with Crippen molar-refractivity contribution < 1.29 is 18.8 Å². The van der Waals surface area contributed by atoms with Gasteiger partial charge in [0.15, 0.2) is 0 Å². The first-order chi connectivity index (χ1) is 12.0. The molecule has 0 aliphatic carbocycles. The number of imide groups is 1. The topological polar surface area (TPSA) is 78.5 Å². The fraction of sp³-hybridized carbons (Fsp3) is 0.500. The van der Waals surface area contributed by atoms with Crippen LogP contribution in [-0.4, -0.2) is 42.1 Å². The maximum Gasteiger partial charge on any atom is 0.249 e. The lowest BCUT2D eigenvalue weighted by Gasteiger charge is -2.29. The van der Waals surface area contributed by atoms with Crippen LogP contribution in [0, 0.1) is 11.7 Å². The van der Waals surface area contributed by atoms with Crippen molar-refractivity contribution in [1.29, 1.82) is 0 Å². The lowest BCUT2D eigenvalue weighted by atomic mass is 9.98. The summed E-state index contributed by atoms with van der Waals surface area (Å²) in [5.41, 5.74) is 1.12. The van der Waals surface area contributed by atoms with Crippen LogP contribution in [0.15, 0.2) is 18.2 Å². The van der Waals surface area contributed by atoms with Gasteiger partial charge in [0.1, 0.15) is 18.1 Å². The van der Waals surface area contributed by atoms with Crippen LogP contribution in [0.5, 0.6) is 0 Å². The van der Waals surface area contributed by atoms with Crippen molar-refractivity contribution in [2.24, 2.45) is 5.92 Å². The van der Waals surface area contributed by atoms with Gasteiger partial charge in [-0.25, -0.2) is 4.39 Å². The highest BCUT2D eigenvalue weighted by Crippen LogP contribution is 2.21. The highest BCUT2D eigenvalue weighted by molar-refractivity contribution is 6.01. The average Bonchev–Trinajstić information content (AvgIpc) is 2.60. The van der Waals surface area contributed by atoms with Gasteiger partial charge >= 0.3 is 0 Å². The molecule has 1 unspecified atom stereocenters. The Bertz CT molecular complexity index is 672. The summed E-state index contributed by atoms with van der Waals surface area (Å²) in [6.07, 6.45) is 3.33. The average molecular weight is 347 g/mol. The van der Waals surface area contributed by atoms with E-state index in [-0.39, 0.29) is 30.0 Å². The predicted octanol–water partition coefficient (Wildman–Crippen LogP) is 1.45. The number of carbonyl (C=O) groups excluding carboxylic acids is 3. The molecule has 7 heteroatoms. The van der Waals surface area contributed by atoms with Gasteiger partial charge in [-0.05, 0) is 44.5 Å². The molecule has 0 saturated carbocycles. The third kappa shape index (κ3) is 4.42. The molecule has 1 atom stereocenters. The van der Waals surface area contributed by atoms with Crippen LogP contribution in [-0.2, 0) is 20.9 Å². The lowest BCUT2D eigenvalue weighted by Crippen LogP contribution is -2.47. The van der Waals surface area contributed by atoms with Gasteiger partial charge in [0.2, 0.25) is 11.8 Å². The fourth-order valence-electron chi connectivity index (χ4n) is 3.29. The summed E-state index contributed by atoms with van der Waals surface area (Å²) in [6.45, 7) is 2.09. The summed E-state index contributed by atoms with van der Waals surface area (Å²) in [7, 11) is 0. The quantitative estimate of drug-likeness (QED) is 0.623. The highest BCUT2D eigenvalue weighted by atomic mass is 19.1. The Kier molecular flexibility index (Phi) is 5.43. The maximum absolute atomic E-state index is 14.4. The van der Waals surface area contributed by atoms with Crippen molar-refractivity contribution in [1.82, 2.24) is 10.2 Å². The standard InChI is InChI=1S/C18H22FN3O3/c19-15-9-14(20-16-3-4-17(24)21-18(16)25)2-1-13(15)10-22-7-5-12(11-23)6-8-22/h1-2,9,11-12,16,20H,3-8,10H2,(H,21,24,25). The molecule has 0 bridgehead atoms. The molecule has 2 amide bonds. The van der Waals surface area contributed by atoms with Crippen molar-refractivity contribution in [3.63, 3.8) is 0 Å². The highest BCUT2D eigenvalue weighted by Gasteiger charge is 2.26. The van der Waals surface area contributed by atoms with Gasteiger partial charge in [-0.3, -0.25) is 19.8 Å². The second kappa shape index (κ2) is 7.74. The number of nitrogens with zero attached hydrogens (tertiary/aromatic N) is 1. The molecule has 2 fully saturated rings. The van der Waals surface area contributed by atoms with Gasteiger partial charge in [0.05, 0.1) is 0 Å². The van der Waals surface area contributed by atoms with Gasteiger partial charge in [-0.1, -0.05) is 6.07 Å². The van der Waals surface area contributed by atoms with Gasteiger partial charge in [-0.15, -0.1) is 0 Å². The molecule has 134 valence electrons. The SMILES string of the molecule is O=CC1CCN(Cc2ccc(NC3CCC(=O)NC3=O)cc2F)CC1. The molecule has 6 nitrogen and oxygen atoms in total. The number of rotatable bonds is 5. The van der Waals surface area contributed by atoms with Crippen LogP contribution in [0.1, 0.15) is 31.2 Å². The number of likely N-dealkylation sites (tertiary alicyclic amines) is 1. The molecular weight excluding hydrogens is 325 g/mol. The van der Waals surface area contributed by atoms with Crippen molar-refractivity contribution in [3.8, 4) is 0 Å². The van der Waals surface area contributed by atoms with Gasteiger partial charge in [0.25, 0.3) is 0 Å². The van der Waals surface area contributed by atoms with E-state index in [1.807, 2.05) is 0 Å². The zero-order valence-corrected chi connectivity index (χ0v) is 14.0. The Morgan fingerprint density at radius 3 is 2.64 bits per heavy atom. The minimum absolute atomic E-state index is 0.126. The van der Waals surface area contributed by atoms with Crippen molar-refractivity contribution in [2.45, 2.75) is 38.3 Å². The monoisotopic (exact) mass is 347 g/mol. The molecule has 0 spiro atoms. The van der Waals surface area contributed by atoms with E-state index in [9.17, 15) is 18.8 Å². The first-order valence-corrected chi connectivity index (χ1v) is 8.61. The Labute approximate surface area is 145 Å². The largest absolute Gasteiger partial charge is 0.374 e. The molecule has 1 aromatic carbocycles. The Morgan fingerprint density at radius 2 is 2.00 bits per heavy atom. The number of nitrogens with one attached hydrogen (secondary N) is 2. The Morgan fingerprint density at radius 1 is 1.24 bits per heavy atom. The second-order valence-corrected chi connectivity index (χ2v) is 6.70. The molecular formula is C18H22FN3O3. The van der Waals surface area contributed by atoms with Gasteiger partial charge in [0, 0.05) is 30.1 Å². The van der Waals surface area contributed by atoms with E-state index in [0.29, 0.717) is 24.2 Å². The molecule has 2 aliphatic heterocycles. The van der Waals surface area contributed by atoms with Crippen LogP contribution >= 0.6 is 0 Å². The van der Waals surface area contributed by atoms with Crippen LogP contribution in [0.3, 0.4) is 0 Å². The molecule has 2 N–H and O–H groups in total. The van der Waals surface area contributed by atoms with E-state index in [1.165, 1.54) is 6.07 Å². The van der Waals surface area contributed by atoms with E-state index in [1.54, 1.807) is 12.1 Å². The number of halogens is 1. The predicted molar refractivity (Wildman–Crippen MR) is 90.3 cm³/mol. The number of aldehydes is 1. The third-order valence-electron chi connectivity index (χ3n) is 4.85. The van der Waals surface area contributed by atoms with Crippen LogP contribution < -0.4 is 10.6 Å². The van der Waals surface area contributed by atoms with E-state index in [0.717, 1.165) is 32.2 Å². The summed E-state index contributed by atoms with van der Waals surface area (Å²) in [6, 6.07) is 4.33. The fourth-order valence-corrected chi connectivity index (χ4v) is 3.29. The summed E-state index contributed by atoms with van der Waals surface area (Å²) >= 11 is 0. The molecule has 0 radical (unpaired) electrons. The normalized spacial score (nSPS) is 22.5. The van der Waals surface area contributed by atoms with E-state index >= 15 is 0 Å². The smallest absolute Gasteiger partial charge is 0.249 e. The summed E-state index contributed by atoms with van der Waals surface area (Å²) < 4.78 is 14.4. The summed E-state index contributed by atoms with van der Waals surface area (Å²) in [5.74, 6) is -0.849. The van der Waals surface area contributed by atoms with Gasteiger partial charge < -0.3 is 10.1 Å². The molecule has 0 aromatic heterocycles. The maximum atomic E-state index is 14.4. The number of hydrogen-bond acceptors (Lipinski definition) is 5. The van der Waals surface area contributed by atoms with E-state index in [2.05, 4.69) is 15.5 Å². The summed E-state index contributed by atoms with van der Waals surface area (Å²) in [5, 5.41) is 5.25. The zero-order chi connectivity index (χ0) is 17.8.